The molecule has 0 saturated carbocycles. The lowest BCUT2D eigenvalue weighted by Crippen LogP contribution is -2.03. The SMILES string of the molecule is C=C(N=C(OC)c1ccccc1)c1ccccc1. The fourth-order valence-electron chi connectivity index (χ4n) is 1.63. The van der Waals surface area contributed by atoms with Crippen molar-refractivity contribution in [3.05, 3.63) is 78.4 Å². The molecule has 0 amide bonds. The molecule has 0 aliphatic rings. The number of aliphatic imine (C=N–C) groups is 1. The summed E-state index contributed by atoms with van der Waals surface area (Å²) >= 11 is 0. The molecule has 0 saturated heterocycles. The molecular formula is C16H15NO. The summed E-state index contributed by atoms with van der Waals surface area (Å²) in [6.45, 7) is 3.97. The van der Waals surface area contributed by atoms with Gasteiger partial charge in [-0.3, -0.25) is 0 Å². The van der Waals surface area contributed by atoms with Gasteiger partial charge in [-0.25, -0.2) is 4.99 Å². The van der Waals surface area contributed by atoms with E-state index >= 15 is 0 Å². The smallest absolute Gasteiger partial charge is 0.220 e. The molecule has 90 valence electrons. The van der Waals surface area contributed by atoms with Crippen LogP contribution in [0.5, 0.6) is 0 Å². The van der Waals surface area contributed by atoms with Gasteiger partial charge in [-0.05, 0) is 17.7 Å². The molecule has 0 atom stereocenters. The average molecular weight is 237 g/mol. The molecule has 0 heterocycles. The van der Waals surface area contributed by atoms with Crippen LogP contribution in [0.1, 0.15) is 11.1 Å². The number of nitrogens with zero attached hydrogens (tertiary/aromatic N) is 1. The Morgan fingerprint density at radius 3 is 1.89 bits per heavy atom. The van der Waals surface area contributed by atoms with Crippen LogP contribution in [0.3, 0.4) is 0 Å². The molecule has 2 rings (SSSR count). The zero-order valence-electron chi connectivity index (χ0n) is 10.3. The number of ether oxygens (including phenoxy) is 1. The highest BCUT2D eigenvalue weighted by Gasteiger charge is 2.04. The summed E-state index contributed by atoms with van der Waals surface area (Å²) in [6, 6.07) is 19.6. The highest BCUT2D eigenvalue weighted by molar-refractivity contribution is 5.97. The van der Waals surface area contributed by atoms with E-state index in [4.69, 9.17) is 4.74 Å². The number of hydrogen-bond donors (Lipinski definition) is 0. The van der Waals surface area contributed by atoms with Crippen molar-refractivity contribution in [1.29, 1.82) is 0 Å². The van der Waals surface area contributed by atoms with Gasteiger partial charge >= 0.3 is 0 Å². The van der Waals surface area contributed by atoms with E-state index in [1.54, 1.807) is 7.11 Å². The Morgan fingerprint density at radius 2 is 1.39 bits per heavy atom. The highest BCUT2D eigenvalue weighted by Crippen LogP contribution is 2.15. The lowest BCUT2D eigenvalue weighted by molar-refractivity contribution is 0.405. The maximum absolute atomic E-state index is 5.32. The van der Waals surface area contributed by atoms with Gasteiger partial charge in [0.1, 0.15) is 0 Å². The van der Waals surface area contributed by atoms with E-state index < -0.39 is 0 Å². The van der Waals surface area contributed by atoms with Crippen LogP contribution in [0.25, 0.3) is 5.70 Å². The fourth-order valence-corrected chi connectivity index (χ4v) is 1.63. The van der Waals surface area contributed by atoms with Crippen LogP contribution in [0, 0.1) is 0 Å². The van der Waals surface area contributed by atoms with E-state index in [0.717, 1.165) is 11.1 Å². The summed E-state index contributed by atoms with van der Waals surface area (Å²) in [5, 5.41) is 0. The van der Waals surface area contributed by atoms with Crippen molar-refractivity contribution in [1.82, 2.24) is 0 Å². The Labute approximate surface area is 107 Å². The van der Waals surface area contributed by atoms with Gasteiger partial charge in [-0.2, -0.15) is 0 Å². The summed E-state index contributed by atoms with van der Waals surface area (Å²) < 4.78 is 5.32. The van der Waals surface area contributed by atoms with Gasteiger partial charge in [0, 0.05) is 5.56 Å². The number of hydrogen-bond acceptors (Lipinski definition) is 2. The van der Waals surface area contributed by atoms with Crippen LogP contribution in [-0.2, 0) is 4.74 Å². The van der Waals surface area contributed by atoms with Crippen molar-refractivity contribution in [3.8, 4) is 0 Å². The third-order valence-electron chi connectivity index (χ3n) is 2.56. The largest absolute Gasteiger partial charge is 0.481 e. The Hall–Kier alpha value is -2.35. The summed E-state index contributed by atoms with van der Waals surface area (Å²) in [5.74, 6) is 0.574. The molecule has 2 aromatic rings. The van der Waals surface area contributed by atoms with Gasteiger partial charge in [0.2, 0.25) is 5.90 Å². The summed E-state index contributed by atoms with van der Waals surface area (Å²) in [4.78, 5) is 4.44. The minimum Gasteiger partial charge on any atom is -0.481 e. The quantitative estimate of drug-likeness (QED) is 0.588. The second kappa shape index (κ2) is 5.82. The Bertz CT molecular complexity index is 544. The standard InChI is InChI=1S/C16H15NO/c1-13(14-9-5-3-6-10-14)17-16(18-2)15-11-7-4-8-12-15/h3-12H,1H2,2H3. The van der Waals surface area contributed by atoms with Gasteiger partial charge in [-0.1, -0.05) is 55.1 Å². The second-order valence-corrected chi connectivity index (χ2v) is 3.80. The first kappa shape index (κ1) is 12.1. The lowest BCUT2D eigenvalue weighted by Gasteiger charge is -2.06. The van der Waals surface area contributed by atoms with E-state index in [2.05, 4.69) is 11.6 Å². The van der Waals surface area contributed by atoms with Crippen molar-refractivity contribution >= 4 is 11.6 Å². The summed E-state index contributed by atoms with van der Waals surface area (Å²) in [5.41, 5.74) is 2.62. The first-order valence-electron chi connectivity index (χ1n) is 5.73. The molecular weight excluding hydrogens is 222 g/mol. The van der Waals surface area contributed by atoms with Gasteiger partial charge in [0.05, 0.1) is 12.8 Å². The summed E-state index contributed by atoms with van der Waals surface area (Å²) in [7, 11) is 1.62. The Kier molecular flexibility index (Phi) is 3.92. The third kappa shape index (κ3) is 2.86. The van der Waals surface area contributed by atoms with E-state index in [-0.39, 0.29) is 0 Å². The third-order valence-corrected chi connectivity index (χ3v) is 2.56. The normalized spacial score (nSPS) is 11.1. The molecule has 0 fully saturated rings. The zero-order chi connectivity index (χ0) is 12.8. The Morgan fingerprint density at radius 1 is 0.889 bits per heavy atom. The first-order valence-corrected chi connectivity index (χ1v) is 5.73. The summed E-state index contributed by atoms with van der Waals surface area (Å²) in [6.07, 6.45) is 0. The molecule has 0 bridgehead atoms. The van der Waals surface area contributed by atoms with Crippen LogP contribution in [0.2, 0.25) is 0 Å². The van der Waals surface area contributed by atoms with Crippen LogP contribution >= 0.6 is 0 Å². The Balaban J connectivity index is 2.29. The van der Waals surface area contributed by atoms with E-state index in [0.29, 0.717) is 11.6 Å². The van der Waals surface area contributed by atoms with Crippen molar-refractivity contribution in [2.45, 2.75) is 0 Å². The van der Waals surface area contributed by atoms with Crippen LogP contribution in [-0.4, -0.2) is 13.0 Å². The lowest BCUT2D eigenvalue weighted by atomic mass is 10.2. The van der Waals surface area contributed by atoms with Gasteiger partial charge in [0.15, 0.2) is 0 Å². The molecule has 0 aromatic heterocycles. The fraction of sp³-hybridized carbons (Fsp3) is 0.0625. The zero-order valence-corrected chi connectivity index (χ0v) is 10.3. The monoisotopic (exact) mass is 237 g/mol. The maximum atomic E-state index is 5.32. The van der Waals surface area contributed by atoms with Crippen molar-refractivity contribution in [2.75, 3.05) is 7.11 Å². The molecule has 0 radical (unpaired) electrons. The minimum absolute atomic E-state index is 0.574. The molecule has 2 heteroatoms. The molecule has 18 heavy (non-hydrogen) atoms. The number of methoxy groups -OCH3 is 1. The van der Waals surface area contributed by atoms with E-state index in [1.807, 2.05) is 60.7 Å². The average Bonchev–Trinajstić information content (AvgIpc) is 2.46. The number of benzene rings is 2. The molecule has 0 spiro atoms. The molecule has 0 N–H and O–H groups in total. The van der Waals surface area contributed by atoms with Crippen molar-refractivity contribution in [3.63, 3.8) is 0 Å². The predicted molar refractivity (Wildman–Crippen MR) is 75.5 cm³/mol. The van der Waals surface area contributed by atoms with E-state index in [9.17, 15) is 0 Å². The molecule has 2 aromatic carbocycles. The maximum Gasteiger partial charge on any atom is 0.220 e. The van der Waals surface area contributed by atoms with Crippen LogP contribution in [0.4, 0.5) is 0 Å². The van der Waals surface area contributed by atoms with Gasteiger partial charge in [0.25, 0.3) is 0 Å². The van der Waals surface area contributed by atoms with Gasteiger partial charge < -0.3 is 4.74 Å². The second-order valence-electron chi connectivity index (χ2n) is 3.80. The number of rotatable bonds is 3. The van der Waals surface area contributed by atoms with Crippen molar-refractivity contribution < 1.29 is 4.74 Å². The predicted octanol–water partition coefficient (Wildman–Crippen LogP) is 3.75. The molecule has 0 aliphatic carbocycles. The van der Waals surface area contributed by atoms with E-state index in [1.165, 1.54) is 0 Å². The molecule has 0 unspecified atom stereocenters. The highest BCUT2D eigenvalue weighted by atomic mass is 16.5. The topological polar surface area (TPSA) is 21.6 Å². The molecule has 0 aliphatic heterocycles. The molecule has 2 nitrogen and oxygen atoms in total. The van der Waals surface area contributed by atoms with Gasteiger partial charge in [-0.15, -0.1) is 0 Å². The van der Waals surface area contributed by atoms with Crippen molar-refractivity contribution in [2.24, 2.45) is 4.99 Å². The van der Waals surface area contributed by atoms with Crippen LogP contribution < -0.4 is 0 Å². The minimum atomic E-state index is 0.574. The first-order chi connectivity index (χ1) is 8.81. The van der Waals surface area contributed by atoms with Crippen LogP contribution in [0.15, 0.2) is 72.2 Å².